The van der Waals surface area contributed by atoms with Gasteiger partial charge in [0.1, 0.15) is 10.6 Å². The molecule has 0 N–H and O–H groups in total. The van der Waals surface area contributed by atoms with E-state index in [1.165, 1.54) is 16.9 Å². The van der Waals surface area contributed by atoms with Crippen LogP contribution in [-0.4, -0.2) is 32.0 Å². The monoisotopic (exact) mass is 440 g/mol. The van der Waals surface area contributed by atoms with Crippen LogP contribution in [0.15, 0.2) is 34.2 Å². The van der Waals surface area contributed by atoms with Crippen LogP contribution in [0.2, 0.25) is 0 Å². The third-order valence-corrected chi connectivity index (χ3v) is 7.94. The van der Waals surface area contributed by atoms with Crippen LogP contribution in [0.4, 0.5) is 0 Å². The molecule has 0 atom stereocenters. The summed E-state index contributed by atoms with van der Waals surface area (Å²) in [4.78, 5) is 16.1. The molecule has 0 radical (unpaired) electrons. The van der Waals surface area contributed by atoms with E-state index in [0.29, 0.717) is 5.78 Å². The summed E-state index contributed by atoms with van der Waals surface area (Å²) >= 11 is 3.47. The van der Waals surface area contributed by atoms with Crippen LogP contribution in [0, 0.1) is 0 Å². The minimum absolute atomic E-state index is 0.000393. The Kier molecular flexibility index (Phi) is 5.28. The van der Waals surface area contributed by atoms with Crippen molar-refractivity contribution in [2.75, 3.05) is 12.9 Å². The maximum atomic E-state index is 13.8. The number of aromatic nitrogens is 4. The van der Waals surface area contributed by atoms with Crippen molar-refractivity contribution in [1.29, 1.82) is 0 Å². The fraction of sp³-hybridized carbons (Fsp3) is 0.409. The molecule has 0 bridgehead atoms. The van der Waals surface area contributed by atoms with E-state index in [2.05, 4.69) is 21.5 Å². The zero-order valence-corrected chi connectivity index (χ0v) is 18.8. The van der Waals surface area contributed by atoms with Crippen molar-refractivity contribution in [1.82, 2.24) is 19.2 Å². The number of rotatable bonds is 6. The van der Waals surface area contributed by atoms with Gasteiger partial charge in [0.2, 0.25) is 5.78 Å². The number of thioether (sulfide) groups is 1. The van der Waals surface area contributed by atoms with Gasteiger partial charge in [-0.2, -0.15) is 0 Å². The van der Waals surface area contributed by atoms with Crippen LogP contribution in [0.1, 0.15) is 43.0 Å². The number of hydrogen-bond acceptors (Lipinski definition) is 6. The standard InChI is InChI=1S/C22H24N4O2S2/c1-3-4-13-29-22-24-23-21-25(14-9-11-15(28-2)12-10-14)19(27)18-16-7-5-6-8-17(16)30-20(18)26(21)22/h9-12H,3-8,13H2,1-2H3. The highest BCUT2D eigenvalue weighted by molar-refractivity contribution is 7.99. The molecule has 8 heteroatoms. The van der Waals surface area contributed by atoms with E-state index in [1.807, 2.05) is 24.3 Å². The average molecular weight is 441 g/mol. The second-order valence-electron chi connectivity index (χ2n) is 7.55. The number of fused-ring (bicyclic) bond motifs is 5. The van der Waals surface area contributed by atoms with Crippen molar-refractivity contribution in [2.45, 2.75) is 50.6 Å². The molecule has 3 aromatic heterocycles. The summed E-state index contributed by atoms with van der Waals surface area (Å²) in [5.74, 6) is 2.33. The number of thiophene rings is 1. The highest BCUT2D eigenvalue weighted by Crippen LogP contribution is 2.36. The minimum atomic E-state index is -0.000393. The Balaban J connectivity index is 1.81. The molecule has 30 heavy (non-hydrogen) atoms. The van der Waals surface area contributed by atoms with Gasteiger partial charge in [0.05, 0.1) is 18.2 Å². The topological polar surface area (TPSA) is 61.4 Å². The lowest BCUT2D eigenvalue weighted by Gasteiger charge is -2.12. The first kappa shape index (κ1) is 19.6. The lowest BCUT2D eigenvalue weighted by atomic mass is 9.97. The Hall–Kier alpha value is -2.32. The zero-order valence-electron chi connectivity index (χ0n) is 17.2. The Labute approximate surface area is 182 Å². The third kappa shape index (κ3) is 3.13. The summed E-state index contributed by atoms with van der Waals surface area (Å²) in [6, 6.07) is 7.56. The number of methoxy groups -OCH3 is 1. The van der Waals surface area contributed by atoms with E-state index >= 15 is 0 Å². The van der Waals surface area contributed by atoms with Gasteiger partial charge in [-0.05, 0) is 61.9 Å². The van der Waals surface area contributed by atoms with Gasteiger partial charge in [-0.1, -0.05) is 25.1 Å². The first-order valence-electron chi connectivity index (χ1n) is 10.4. The van der Waals surface area contributed by atoms with Crippen molar-refractivity contribution in [3.05, 3.63) is 45.1 Å². The van der Waals surface area contributed by atoms with Gasteiger partial charge in [0, 0.05) is 10.6 Å². The summed E-state index contributed by atoms with van der Waals surface area (Å²) in [6.45, 7) is 2.19. The van der Waals surface area contributed by atoms with Crippen molar-refractivity contribution >= 4 is 39.1 Å². The molecular weight excluding hydrogens is 416 g/mol. The molecule has 1 aliphatic rings. The van der Waals surface area contributed by atoms with E-state index in [-0.39, 0.29) is 5.56 Å². The highest BCUT2D eigenvalue weighted by Gasteiger charge is 2.25. The predicted molar refractivity (Wildman–Crippen MR) is 123 cm³/mol. The molecule has 1 aliphatic carbocycles. The molecule has 1 aromatic carbocycles. The largest absolute Gasteiger partial charge is 0.497 e. The fourth-order valence-corrected chi connectivity index (χ4v) is 6.54. The Bertz CT molecular complexity index is 1270. The molecule has 0 unspecified atom stereocenters. The van der Waals surface area contributed by atoms with Crippen LogP contribution in [0.3, 0.4) is 0 Å². The lowest BCUT2D eigenvalue weighted by molar-refractivity contribution is 0.414. The molecule has 6 nitrogen and oxygen atoms in total. The average Bonchev–Trinajstić information content (AvgIpc) is 3.36. The van der Waals surface area contributed by atoms with E-state index in [9.17, 15) is 4.79 Å². The summed E-state index contributed by atoms with van der Waals surface area (Å²) in [6.07, 6.45) is 6.62. The summed E-state index contributed by atoms with van der Waals surface area (Å²) in [5.41, 5.74) is 2.01. The number of unbranched alkanes of at least 4 members (excludes halogenated alkanes) is 1. The van der Waals surface area contributed by atoms with Gasteiger partial charge in [-0.25, -0.2) is 8.97 Å². The maximum absolute atomic E-state index is 13.8. The first-order valence-corrected chi connectivity index (χ1v) is 12.2. The normalized spacial score (nSPS) is 13.8. The van der Waals surface area contributed by atoms with E-state index in [0.717, 1.165) is 64.7 Å². The van der Waals surface area contributed by atoms with Gasteiger partial charge < -0.3 is 4.74 Å². The van der Waals surface area contributed by atoms with Crippen LogP contribution >= 0.6 is 23.1 Å². The molecule has 3 heterocycles. The molecule has 5 rings (SSSR count). The SMILES string of the molecule is CCCCSc1nnc2n(-c3ccc(OC)cc3)c(=O)c3c4c(sc3n12)CCCC4. The molecule has 0 amide bonds. The molecule has 0 aliphatic heterocycles. The van der Waals surface area contributed by atoms with Crippen LogP contribution in [0.25, 0.3) is 21.7 Å². The molecule has 0 fully saturated rings. The molecular formula is C22H24N4O2S2. The van der Waals surface area contributed by atoms with Crippen molar-refractivity contribution in [3.63, 3.8) is 0 Å². The van der Waals surface area contributed by atoms with Crippen molar-refractivity contribution in [2.24, 2.45) is 0 Å². The number of hydrogen-bond donors (Lipinski definition) is 0. The number of benzene rings is 1. The summed E-state index contributed by atoms with van der Waals surface area (Å²) in [7, 11) is 1.64. The van der Waals surface area contributed by atoms with Crippen molar-refractivity contribution < 1.29 is 4.74 Å². The Morgan fingerprint density at radius 3 is 2.73 bits per heavy atom. The van der Waals surface area contributed by atoms with Gasteiger partial charge in [0.15, 0.2) is 5.16 Å². The van der Waals surface area contributed by atoms with Gasteiger partial charge in [-0.15, -0.1) is 21.5 Å². The zero-order chi connectivity index (χ0) is 20.7. The molecule has 156 valence electrons. The van der Waals surface area contributed by atoms with E-state index in [4.69, 9.17) is 4.74 Å². The number of ether oxygens (including phenoxy) is 1. The summed E-state index contributed by atoms with van der Waals surface area (Å²) in [5, 5.41) is 10.7. The van der Waals surface area contributed by atoms with Gasteiger partial charge in [-0.3, -0.25) is 4.79 Å². The van der Waals surface area contributed by atoms with Crippen LogP contribution in [0.5, 0.6) is 5.75 Å². The van der Waals surface area contributed by atoms with Crippen LogP contribution < -0.4 is 10.3 Å². The maximum Gasteiger partial charge on any atom is 0.268 e. The smallest absolute Gasteiger partial charge is 0.268 e. The fourth-order valence-electron chi connectivity index (χ4n) is 4.08. The Morgan fingerprint density at radius 2 is 1.97 bits per heavy atom. The van der Waals surface area contributed by atoms with Gasteiger partial charge in [0.25, 0.3) is 5.56 Å². The third-order valence-electron chi connectivity index (χ3n) is 5.65. The second kappa shape index (κ2) is 8.07. The molecule has 4 aromatic rings. The van der Waals surface area contributed by atoms with Gasteiger partial charge >= 0.3 is 0 Å². The number of aryl methyl sites for hydroxylation is 2. The highest BCUT2D eigenvalue weighted by atomic mass is 32.2. The number of nitrogens with zero attached hydrogens (tertiary/aromatic N) is 4. The quantitative estimate of drug-likeness (QED) is 0.316. The minimum Gasteiger partial charge on any atom is -0.497 e. The Morgan fingerprint density at radius 1 is 1.17 bits per heavy atom. The molecule has 0 saturated heterocycles. The molecule has 0 spiro atoms. The predicted octanol–water partition coefficient (Wildman–Crippen LogP) is 4.87. The molecule has 0 saturated carbocycles. The van der Waals surface area contributed by atoms with Crippen LogP contribution in [-0.2, 0) is 12.8 Å². The first-order chi connectivity index (χ1) is 14.7. The van der Waals surface area contributed by atoms with Crippen molar-refractivity contribution in [3.8, 4) is 11.4 Å². The lowest BCUT2D eigenvalue weighted by Crippen LogP contribution is -2.22. The summed E-state index contributed by atoms with van der Waals surface area (Å²) < 4.78 is 9.10. The second-order valence-corrected chi connectivity index (χ2v) is 9.70. The van der Waals surface area contributed by atoms with E-state index < -0.39 is 0 Å². The van der Waals surface area contributed by atoms with E-state index in [1.54, 1.807) is 34.8 Å².